The average Bonchev–Trinajstić information content (AvgIpc) is 3.61. The monoisotopic (exact) mass is 443 g/mol. The summed E-state index contributed by atoms with van der Waals surface area (Å²) in [6, 6.07) is 14.2. The van der Waals surface area contributed by atoms with E-state index in [9.17, 15) is 9.59 Å². The molecule has 0 bridgehead atoms. The Morgan fingerprint density at radius 1 is 0.970 bits per heavy atom. The summed E-state index contributed by atoms with van der Waals surface area (Å²) in [5, 5.41) is 4.32. The van der Waals surface area contributed by atoms with Gasteiger partial charge in [-0.2, -0.15) is 5.10 Å². The first-order chi connectivity index (χ1) is 16.2. The molecule has 1 atom stereocenters. The Labute approximate surface area is 191 Å². The third-order valence-electron chi connectivity index (χ3n) is 6.75. The SMILES string of the molecule is O=Cn1cc2c(n1)CCC(N(C(=O)c1ccc(-c3ccc4c(c3)OCCO4)cc1)C1CC1)C2. The van der Waals surface area contributed by atoms with Crippen LogP contribution in [-0.2, 0) is 17.6 Å². The summed E-state index contributed by atoms with van der Waals surface area (Å²) in [6.45, 7) is 1.13. The molecule has 1 amide bonds. The second kappa shape index (κ2) is 8.06. The second-order valence-electron chi connectivity index (χ2n) is 8.96. The van der Waals surface area contributed by atoms with Crippen molar-refractivity contribution in [2.75, 3.05) is 13.2 Å². The highest BCUT2D eigenvalue weighted by Crippen LogP contribution is 2.36. The molecule has 1 unspecified atom stereocenters. The Bertz CT molecular complexity index is 1210. The highest BCUT2D eigenvalue weighted by Gasteiger charge is 2.39. The van der Waals surface area contributed by atoms with Gasteiger partial charge < -0.3 is 14.4 Å². The van der Waals surface area contributed by atoms with Crippen molar-refractivity contribution in [3.05, 3.63) is 65.5 Å². The molecule has 33 heavy (non-hydrogen) atoms. The van der Waals surface area contributed by atoms with Gasteiger partial charge in [0.25, 0.3) is 5.91 Å². The molecule has 1 fully saturated rings. The summed E-state index contributed by atoms with van der Waals surface area (Å²) < 4.78 is 12.7. The molecule has 168 valence electrons. The highest BCUT2D eigenvalue weighted by molar-refractivity contribution is 5.95. The van der Waals surface area contributed by atoms with Crippen LogP contribution in [0, 0.1) is 0 Å². The van der Waals surface area contributed by atoms with Crippen LogP contribution in [0.1, 0.15) is 40.9 Å². The fraction of sp³-hybridized carbons (Fsp3) is 0.346. The number of carbonyl (C=O) groups is 2. The lowest BCUT2D eigenvalue weighted by Gasteiger charge is -2.34. The molecule has 0 spiro atoms. The van der Waals surface area contributed by atoms with E-state index in [1.807, 2.05) is 42.5 Å². The lowest BCUT2D eigenvalue weighted by molar-refractivity contribution is 0.0643. The Morgan fingerprint density at radius 3 is 2.48 bits per heavy atom. The molecular weight excluding hydrogens is 418 g/mol. The zero-order valence-electron chi connectivity index (χ0n) is 18.3. The third kappa shape index (κ3) is 3.77. The number of carbonyl (C=O) groups excluding carboxylic acids is 2. The summed E-state index contributed by atoms with van der Waals surface area (Å²) in [5.74, 6) is 1.61. The van der Waals surface area contributed by atoms with Crippen LogP contribution in [0.5, 0.6) is 11.5 Å². The minimum atomic E-state index is 0.0856. The Balaban J connectivity index is 1.22. The molecule has 0 N–H and O–H groups in total. The van der Waals surface area contributed by atoms with E-state index in [-0.39, 0.29) is 11.9 Å². The molecule has 2 aliphatic carbocycles. The number of benzene rings is 2. The van der Waals surface area contributed by atoms with Crippen LogP contribution < -0.4 is 9.47 Å². The number of ether oxygens (including phenoxy) is 2. The van der Waals surface area contributed by atoms with Gasteiger partial charge in [-0.3, -0.25) is 9.59 Å². The van der Waals surface area contributed by atoms with Gasteiger partial charge in [0, 0.05) is 23.8 Å². The predicted molar refractivity (Wildman–Crippen MR) is 122 cm³/mol. The molecule has 0 radical (unpaired) electrons. The van der Waals surface area contributed by atoms with Gasteiger partial charge in [0.2, 0.25) is 6.41 Å². The van der Waals surface area contributed by atoms with Crippen molar-refractivity contribution in [3.63, 3.8) is 0 Å². The van der Waals surface area contributed by atoms with Crippen LogP contribution in [0.25, 0.3) is 11.1 Å². The molecule has 6 rings (SSSR count). The van der Waals surface area contributed by atoms with Crippen molar-refractivity contribution in [2.24, 2.45) is 0 Å². The second-order valence-corrected chi connectivity index (χ2v) is 8.96. The van der Waals surface area contributed by atoms with Crippen LogP contribution >= 0.6 is 0 Å². The maximum absolute atomic E-state index is 13.6. The quantitative estimate of drug-likeness (QED) is 0.564. The molecule has 2 heterocycles. The molecule has 1 saturated carbocycles. The van der Waals surface area contributed by atoms with Crippen LogP contribution in [0.4, 0.5) is 0 Å². The maximum Gasteiger partial charge on any atom is 0.254 e. The van der Waals surface area contributed by atoms with E-state index in [1.165, 1.54) is 4.68 Å². The summed E-state index contributed by atoms with van der Waals surface area (Å²) >= 11 is 0. The minimum absolute atomic E-state index is 0.0856. The first-order valence-electron chi connectivity index (χ1n) is 11.5. The first kappa shape index (κ1) is 20.0. The zero-order chi connectivity index (χ0) is 22.4. The van der Waals surface area contributed by atoms with Gasteiger partial charge in [-0.15, -0.1) is 0 Å². The van der Waals surface area contributed by atoms with Gasteiger partial charge in [0.1, 0.15) is 13.2 Å². The third-order valence-corrected chi connectivity index (χ3v) is 6.75. The smallest absolute Gasteiger partial charge is 0.254 e. The number of hydrogen-bond acceptors (Lipinski definition) is 5. The Kier molecular flexibility index (Phi) is 4.89. The molecule has 7 nitrogen and oxygen atoms in total. The molecule has 7 heteroatoms. The number of hydrogen-bond donors (Lipinski definition) is 0. The van der Waals surface area contributed by atoms with E-state index < -0.39 is 0 Å². The molecule has 1 aromatic heterocycles. The van der Waals surface area contributed by atoms with E-state index in [0.717, 1.165) is 72.4 Å². The standard InChI is InChI=1S/C26H25N3O4/c30-16-28-15-20-13-22(8-9-23(20)27-28)29(21-6-7-21)26(31)18-3-1-17(2-4-18)19-5-10-24-25(14-19)33-12-11-32-24/h1-5,10,14-16,21-22H,6-9,11-13H2. The van der Waals surface area contributed by atoms with Gasteiger partial charge in [-0.05, 0) is 73.1 Å². The minimum Gasteiger partial charge on any atom is -0.486 e. The van der Waals surface area contributed by atoms with Crippen molar-refractivity contribution >= 4 is 12.3 Å². The maximum atomic E-state index is 13.6. The first-order valence-corrected chi connectivity index (χ1v) is 11.5. The van der Waals surface area contributed by atoms with Crippen molar-refractivity contribution < 1.29 is 19.1 Å². The normalized spacial score (nSPS) is 19.0. The Morgan fingerprint density at radius 2 is 1.73 bits per heavy atom. The van der Waals surface area contributed by atoms with Crippen LogP contribution in [0.15, 0.2) is 48.7 Å². The van der Waals surface area contributed by atoms with Crippen molar-refractivity contribution in [2.45, 2.75) is 44.2 Å². The number of aromatic nitrogens is 2. The van der Waals surface area contributed by atoms with Crippen LogP contribution in [0.3, 0.4) is 0 Å². The summed E-state index contributed by atoms with van der Waals surface area (Å²) in [7, 11) is 0. The van der Waals surface area contributed by atoms with Crippen LogP contribution in [-0.4, -0.2) is 52.3 Å². The van der Waals surface area contributed by atoms with E-state index in [0.29, 0.717) is 24.8 Å². The van der Waals surface area contributed by atoms with Gasteiger partial charge in [0.15, 0.2) is 11.5 Å². The van der Waals surface area contributed by atoms with E-state index in [1.54, 1.807) is 6.20 Å². The molecule has 3 aromatic rings. The van der Waals surface area contributed by atoms with Crippen molar-refractivity contribution in [1.29, 1.82) is 0 Å². The van der Waals surface area contributed by atoms with Crippen molar-refractivity contribution in [3.8, 4) is 22.6 Å². The van der Waals surface area contributed by atoms with Gasteiger partial charge in [-0.25, -0.2) is 4.68 Å². The number of aryl methyl sites for hydroxylation is 1. The fourth-order valence-electron chi connectivity index (χ4n) is 4.96. The van der Waals surface area contributed by atoms with Gasteiger partial charge in [-0.1, -0.05) is 18.2 Å². The van der Waals surface area contributed by atoms with Gasteiger partial charge >= 0.3 is 0 Å². The number of nitrogens with zero attached hydrogens (tertiary/aromatic N) is 3. The number of amides is 1. The van der Waals surface area contributed by atoms with E-state index >= 15 is 0 Å². The predicted octanol–water partition coefficient (Wildman–Crippen LogP) is 3.52. The largest absolute Gasteiger partial charge is 0.486 e. The average molecular weight is 444 g/mol. The topological polar surface area (TPSA) is 73.7 Å². The fourth-order valence-corrected chi connectivity index (χ4v) is 4.96. The lowest BCUT2D eigenvalue weighted by atomic mass is 9.91. The zero-order valence-corrected chi connectivity index (χ0v) is 18.3. The Hall–Kier alpha value is -3.61. The van der Waals surface area contributed by atoms with E-state index in [2.05, 4.69) is 10.00 Å². The number of rotatable bonds is 5. The van der Waals surface area contributed by atoms with Crippen molar-refractivity contribution in [1.82, 2.24) is 14.7 Å². The molecule has 0 saturated heterocycles. The molecular formula is C26H25N3O4. The number of fused-ring (bicyclic) bond motifs is 2. The molecule has 3 aliphatic rings. The summed E-state index contributed by atoms with van der Waals surface area (Å²) in [5.41, 5.74) is 4.82. The van der Waals surface area contributed by atoms with Gasteiger partial charge in [0.05, 0.1) is 5.69 Å². The molecule has 1 aliphatic heterocycles. The van der Waals surface area contributed by atoms with Crippen LogP contribution in [0.2, 0.25) is 0 Å². The highest BCUT2D eigenvalue weighted by atomic mass is 16.6. The molecule has 2 aromatic carbocycles. The van der Waals surface area contributed by atoms with E-state index in [4.69, 9.17) is 9.47 Å². The lowest BCUT2D eigenvalue weighted by Crippen LogP contribution is -2.44. The summed E-state index contributed by atoms with van der Waals surface area (Å²) in [6.07, 6.45) is 7.05. The summed E-state index contributed by atoms with van der Waals surface area (Å²) in [4.78, 5) is 26.7.